The number of hydrogen-bond acceptors (Lipinski definition) is 3. The molecule has 5 heteroatoms. The molecule has 4 nitrogen and oxygen atoms in total. The van der Waals surface area contributed by atoms with Crippen molar-refractivity contribution in [1.82, 2.24) is 4.90 Å². The number of carbonyl (C=O) groups is 1. The first-order chi connectivity index (χ1) is 9.36. The zero-order chi connectivity index (χ0) is 14.9. The number of rotatable bonds is 1. The molecular formula is C15H17FN2O2. The molecule has 0 aromatic heterocycles. The molecule has 1 aliphatic heterocycles. The maximum Gasteiger partial charge on any atom is 0.258 e. The summed E-state index contributed by atoms with van der Waals surface area (Å²) >= 11 is 0. The highest BCUT2D eigenvalue weighted by Crippen LogP contribution is 2.36. The molecule has 1 atom stereocenters. The summed E-state index contributed by atoms with van der Waals surface area (Å²) in [5.41, 5.74) is -0.408. The van der Waals surface area contributed by atoms with Gasteiger partial charge in [0.15, 0.2) is 0 Å². The predicted octanol–water partition coefficient (Wildman–Crippen LogP) is 2.69. The first-order valence-corrected chi connectivity index (χ1v) is 6.56. The van der Waals surface area contributed by atoms with Crippen molar-refractivity contribution in [2.75, 3.05) is 6.54 Å². The number of hydrogen-bond donors (Lipinski definition) is 1. The number of halogens is 1. The lowest BCUT2D eigenvalue weighted by molar-refractivity contribution is 0.0435. The van der Waals surface area contributed by atoms with Crippen molar-refractivity contribution in [3.05, 3.63) is 29.6 Å². The van der Waals surface area contributed by atoms with Gasteiger partial charge in [-0.2, -0.15) is 5.26 Å². The molecule has 0 unspecified atom stereocenters. The summed E-state index contributed by atoms with van der Waals surface area (Å²) in [6, 6.07) is 4.83. The monoisotopic (exact) mass is 276 g/mol. The van der Waals surface area contributed by atoms with Gasteiger partial charge in [-0.1, -0.05) is 13.8 Å². The van der Waals surface area contributed by atoms with Crippen molar-refractivity contribution < 1.29 is 14.3 Å². The lowest BCUT2D eigenvalue weighted by Crippen LogP contribution is -2.51. The van der Waals surface area contributed by atoms with Gasteiger partial charge in [-0.3, -0.25) is 4.79 Å². The van der Waals surface area contributed by atoms with E-state index in [9.17, 15) is 19.6 Å². The molecule has 2 rings (SSSR count). The van der Waals surface area contributed by atoms with Crippen LogP contribution in [0.1, 0.15) is 37.0 Å². The van der Waals surface area contributed by atoms with Crippen LogP contribution in [0.4, 0.5) is 4.39 Å². The van der Waals surface area contributed by atoms with Crippen molar-refractivity contribution in [1.29, 1.82) is 5.26 Å². The summed E-state index contributed by atoms with van der Waals surface area (Å²) in [7, 11) is 0. The Morgan fingerprint density at radius 1 is 1.55 bits per heavy atom. The number of phenolic OH excluding ortho intramolecular Hbond substituents is 1. The van der Waals surface area contributed by atoms with Crippen molar-refractivity contribution in [2.24, 2.45) is 5.41 Å². The highest BCUT2D eigenvalue weighted by Gasteiger charge is 2.40. The molecule has 0 radical (unpaired) electrons. The fraction of sp³-hybridized carbons (Fsp3) is 0.467. The van der Waals surface area contributed by atoms with Gasteiger partial charge < -0.3 is 10.0 Å². The maximum atomic E-state index is 13.3. The molecule has 1 aliphatic rings. The molecule has 1 aromatic carbocycles. The Hall–Kier alpha value is -2.09. The van der Waals surface area contributed by atoms with Gasteiger partial charge in [-0.25, -0.2) is 4.39 Å². The van der Waals surface area contributed by atoms with Crippen molar-refractivity contribution in [3.8, 4) is 11.8 Å². The second-order valence-corrected chi connectivity index (χ2v) is 5.78. The number of nitriles is 1. The third-order valence-corrected chi connectivity index (χ3v) is 3.84. The molecule has 0 bridgehead atoms. The van der Waals surface area contributed by atoms with Crippen LogP contribution in [-0.4, -0.2) is 28.5 Å². The summed E-state index contributed by atoms with van der Waals surface area (Å²) in [5.74, 6) is -1.35. The first kappa shape index (κ1) is 14.3. The molecule has 0 aliphatic carbocycles. The average molecular weight is 276 g/mol. The van der Waals surface area contributed by atoms with Gasteiger partial charge in [0.2, 0.25) is 0 Å². The highest BCUT2D eigenvalue weighted by atomic mass is 19.1. The maximum absolute atomic E-state index is 13.3. The molecule has 1 heterocycles. The molecule has 1 fully saturated rings. The molecule has 1 N–H and O–H groups in total. The van der Waals surface area contributed by atoms with Crippen LogP contribution in [0.15, 0.2) is 18.2 Å². The van der Waals surface area contributed by atoms with Crippen molar-refractivity contribution in [2.45, 2.75) is 32.7 Å². The van der Waals surface area contributed by atoms with Crippen LogP contribution in [0.3, 0.4) is 0 Å². The van der Waals surface area contributed by atoms with Crippen LogP contribution in [0.25, 0.3) is 0 Å². The van der Waals surface area contributed by atoms with Crippen LogP contribution in [0.2, 0.25) is 0 Å². The normalized spacial score (nSPS) is 21.3. The van der Waals surface area contributed by atoms with Gasteiger partial charge in [-0.05, 0) is 36.5 Å². The van der Waals surface area contributed by atoms with E-state index in [0.29, 0.717) is 6.54 Å². The number of amides is 1. The van der Waals surface area contributed by atoms with E-state index >= 15 is 0 Å². The van der Waals surface area contributed by atoms with Crippen molar-refractivity contribution in [3.63, 3.8) is 0 Å². The van der Waals surface area contributed by atoms with Crippen LogP contribution < -0.4 is 0 Å². The van der Waals surface area contributed by atoms with Crippen LogP contribution in [0, 0.1) is 22.6 Å². The van der Waals surface area contributed by atoms with Gasteiger partial charge in [0.05, 0.1) is 11.6 Å². The number of carbonyl (C=O) groups excluding carboxylic acids is 1. The standard InChI is InChI=1S/C15H17FN2O2/c1-15(2)6-3-7-18(13(15)9-17)14(20)11-8-10(16)4-5-12(11)19/h4-5,8,13,19H,3,6-7H2,1-2H3/t13-/m0/s1. The average Bonchev–Trinajstić information content (AvgIpc) is 2.39. The minimum Gasteiger partial charge on any atom is -0.507 e. The fourth-order valence-electron chi connectivity index (χ4n) is 2.69. The van der Waals surface area contributed by atoms with Gasteiger partial charge in [0.25, 0.3) is 5.91 Å². The van der Waals surface area contributed by atoms with Gasteiger partial charge in [-0.15, -0.1) is 0 Å². The highest BCUT2D eigenvalue weighted by molar-refractivity contribution is 5.97. The number of likely N-dealkylation sites (tertiary alicyclic amines) is 1. The Bertz CT molecular complexity index is 578. The largest absolute Gasteiger partial charge is 0.507 e. The van der Waals surface area contributed by atoms with E-state index in [1.807, 2.05) is 13.8 Å². The summed E-state index contributed by atoms with van der Waals surface area (Å²) < 4.78 is 13.3. The SMILES string of the molecule is CC1(C)CCCN(C(=O)c2cc(F)ccc2O)[C@H]1C#N. The second-order valence-electron chi connectivity index (χ2n) is 5.78. The van der Waals surface area contributed by atoms with E-state index in [1.165, 1.54) is 4.90 Å². The van der Waals surface area contributed by atoms with E-state index in [4.69, 9.17) is 0 Å². The molecule has 0 saturated carbocycles. The second kappa shape index (κ2) is 5.12. The van der Waals surface area contributed by atoms with Crippen LogP contribution in [-0.2, 0) is 0 Å². The summed E-state index contributed by atoms with van der Waals surface area (Å²) in [6.07, 6.45) is 1.64. The number of nitrogens with zero attached hydrogens (tertiary/aromatic N) is 2. The summed E-state index contributed by atoms with van der Waals surface area (Å²) in [5, 5.41) is 19.1. The third-order valence-electron chi connectivity index (χ3n) is 3.84. The lowest BCUT2D eigenvalue weighted by atomic mass is 9.77. The Morgan fingerprint density at radius 3 is 2.90 bits per heavy atom. The zero-order valence-corrected chi connectivity index (χ0v) is 11.6. The quantitative estimate of drug-likeness (QED) is 0.857. The minimum absolute atomic E-state index is 0.0945. The predicted molar refractivity (Wildman–Crippen MR) is 71.5 cm³/mol. The van der Waals surface area contributed by atoms with E-state index in [1.54, 1.807) is 0 Å². The van der Waals surface area contributed by atoms with Crippen molar-refractivity contribution >= 4 is 5.91 Å². The third kappa shape index (κ3) is 2.46. The number of phenols is 1. The van der Waals surface area contributed by atoms with E-state index in [0.717, 1.165) is 31.0 Å². The van der Waals surface area contributed by atoms with Crippen LogP contribution >= 0.6 is 0 Å². The topological polar surface area (TPSA) is 64.3 Å². The van der Waals surface area contributed by atoms with E-state index in [-0.39, 0.29) is 16.7 Å². The smallest absolute Gasteiger partial charge is 0.258 e. The number of aromatic hydroxyl groups is 1. The first-order valence-electron chi connectivity index (χ1n) is 6.56. The zero-order valence-electron chi connectivity index (χ0n) is 11.6. The van der Waals surface area contributed by atoms with Gasteiger partial charge in [0, 0.05) is 6.54 Å². The Morgan fingerprint density at radius 2 is 2.25 bits per heavy atom. The summed E-state index contributed by atoms with van der Waals surface area (Å²) in [6.45, 7) is 4.31. The molecule has 1 amide bonds. The Labute approximate surface area is 117 Å². The molecular weight excluding hydrogens is 259 g/mol. The van der Waals surface area contributed by atoms with Crippen LogP contribution in [0.5, 0.6) is 5.75 Å². The number of piperidine rings is 1. The number of benzene rings is 1. The van der Waals surface area contributed by atoms with Gasteiger partial charge in [0.1, 0.15) is 17.6 Å². The molecule has 20 heavy (non-hydrogen) atoms. The van der Waals surface area contributed by atoms with E-state index < -0.39 is 17.8 Å². The Kier molecular flexibility index (Phi) is 3.67. The summed E-state index contributed by atoms with van der Waals surface area (Å²) in [4.78, 5) is 13.9. The molecule has 0 spiro atoms. The lowest BCUT2D eigenvalue weighted by Gasteiger charge is -2.42. The minimum atomic E-state index is -0.587. The molecule has 1 saturated heterocycles. The molecule has 1 aromatic rings. The van der Waals surface area contributed by atoms with Gasteiger partial charge >= 0.3 is 0 Å². The molecule has 106 valence electrons. The van der Waals surface area contributed by atoms with E-state index in [2.05, 4.69) is 6.07 Å². The fourth-order valence-corrected chi connectivity index (χ4v) is 2.69. The Balaban J connectivity index is 2.37.